The van der Waals surface area contributed by atoms with Gasteiger partial charge >= 0.3 is 0 Å². The number of hydrogen-bond donors (Lipinski definition) is 2. The van der Waals surface area contributed by atoms with Gasteiger partial charge in [-0.1, -0.05) is 20.8 Å². The smallest absolute Gasteiger partial charge is 0.212 e. The Hall–Kier alpha value is -1.03. The SMILES string of the molecule is CC(C)(C)c1cc(N)c(NC=O)s1. The summed E-state index contributed by atoms with van der Waals surface area (Å²) in [5, 5.41) is 3.32. The minimum absolute atomic E-state index is 0.0849. The number of anilines is 2. The van der Waals surface area contributed by atoms with E-state index in [-0.39, 0.29) is 5.41 Å². The molecule has 13 heavy (non-hydrogen) atoms. The lowest BCUT2D eigenvalue weighted by molar-refractivity contribution is -0.105. The van der Waals surface area contributed by atoms with E-state index in [1.165, 1.54) is 16.2 Å². The molecule has 1 aromatic heterocycles. The Morgan fingerprint density at radius 3 is 2.54 bits per heavy atom. The van der Waals surface area contributed by atoms with Crippen LogP contribution in [0.2, 0.25) is 0 Å². The van der Waals surface area contributed by atoms with Gasteiger partial charge in [0.05, 0.1) is 5.69 Å². The van der Waals surface area contributed by atoms with Crippen LogP contribution in [0.1, 0.15) is 25.6 Å². The second-order valence-electron chi connectivity index (χ2n) is 3.91. The van der Waals surface area contributed by atoms with Crippen LogP contribution in [0.5, 0.6) is 0 Å². The van der Waals surface area contributed by atoms with E-state index >= 15 is 0 Å². The molecule has 0 saturated carbocycles. The zero-order chi connectivity index (χ0) is 10.1. The molecule has 1 amide bonds. The van der Waals surface area contributed by atoms with Gasteiger partial charge in [-0.15, -0.1) is 11.3 Å². The molecule has 0 unspecified atom stereocenters. The van der Waals surface area contributed by atoms with E-state index < -0.39 is 0 Å². The standard InChI is InChI=1S/C9H14N2OS/c1-9(2,3)7-4-6(10)8(13-7)11-5-12/h4-5H,10H2,1-3H3,(H,11,12). The molecule has 0 radical (unpaired) electrons. The van der Waals surface area contributed by atoms with Crippen LogP contribution in [0.3, 0.4) is 0 Å². The summed E-state index contributed by atoms with van der Waals surface area (Å²) in [4.78, 5) is 11.4. The van der Waals surface area contributed by atoms with Crippen molar-refractivity contribution in [3.63, 3.8) is 0 Å². The highest BCUT2D eigenvalue weighted by Gasteiger charge is 2.18. The Morgan fingerprint density at radius 1 is 1.54 bits per heavy atom. The minimum atomic E-state index is 0.0849. The van der Waals surface area contributed by atoms with Gasteiger partial charge in [0.2, 0.25) is 6.41 Å². The first-order valence-electron chi connectivity index (χ1n) is 4.05. The topological polar surface area (TPSA) is 55.1 Å². The first-order chi connectivity index (χ1) is 5.95. The fraction of sp³-hybridized carbons (Fsp3) is 0.444. The molecular formula is C9H14N2OS. The highest BCUT2D eigenvalue weighted by Crippen LogP contribution is 2.37. The summed E-state index contributed by atoms with van der Waals surface area (Å²) in [5.41, 5.74) is 6.44. The summed E-state index contributed by atoms with van der Waals surface area (Å²) < 4.78 is 0. The van der Waals surface area contributed by atoms with Gasteiger partial charge in [-0.3, -0.25) is 4.79 Å². The average molecular weight is 198 g/mol. The number of rotatable bonds is 2. The average Bonchev–Trinajstić information content (AvgIpc) is 2.32. The second-order valence-corrected chi connectivity index (χ2v) is 4.96. The molecule has 72 valence electrons. The van der Waals surface area contributed by atoms with Gasteiger partial charge in [0.15, 0.2) is 0 Å². The molecule has 0 spiro atoms. The van der Waals surface area contributed by atoms with E-state index in [0.29, 0.717) is 12.1 Å². The molecule has 0 saturated heterocycles. The van der Waals surface area contributed by atoms with Gasteiger partial charge in [0, 0.05) is 4.88 Å². The Kier molecular flexibility index (Phi) is 2.61. The van der Waals surface area contributed by atoms with E-state index in [1.54, 1.807) is 0 Å². The monoisotopic (exact) mass is 198 g/mol. The summed E-state index contributed by atoms with van der Waals surface area (Å²) in [6, 6.07) is 1.91. The van der Waals surface area contributed by atoms with E-state index in [9.17, 15) is 4.79 Å². The maximum absolute atomic E-state index is 10.2. The Morgan fingerprint density at radius 2 is 2.15 bits per heavy atom. The fourth-order valence-corrected chi connectivity index (χ4v) is 1.94. The minimum Gasteiger partial charge on any atom is -0.396 e. The molecule has 1 heterocycles. The number of carbonyl (C=O) groups excluding carboxylic acids is 1. The number of carbonyl (C=O) groups is 1. The van der Waals surface area contributed by atoms with E-state index in [1.807, 2.05) is 6.07 Å². The molecule has 0 aromatic carbocycles. The summed E-state index contributed by atoms with van der Waals surface area (Å²) in [6.45, 7) is 6.34. The van der Waals surface area contributed by atoms with E-state index in [2.05, 4.69) is 26.1 Å². The van der Waals surface area contributed by atoms with Crippen molar-refractivity contribution in [3.05, 3.63) is 10.9 Å². The first kappa shape index (κ1) is 10.1. The second kappa shape index (κ2) is 3.38. The van der Waals surface area contributed by atoms with Crippen molar-refractivity contribution in [1.29, 1.82) is 0 Å². The normalized spacial score (nSPS) is 11.3. The molecule has 3 N–H and O–H groups in total. The third kappa shape index (κ3) is 2.21. The van der Waals surface area contributed by atoms with Crippen LogP contribution >= 0.6 is 11.3 Å². The lowest BCUT2D eigenvalue weighted by Gasteiger charge is -2.14. The number of nitrogens with two attached hydrogens (primary N) is 1. The lowest BCUT2D eigenvalue weighted by atomic mass is 9.95. The Balaban J connectivity index is 3.01. The molecule has 1 aromatic rings. The maximum atomic E-state index is 10.2. The molecule has 0 fully saturated rings. The van der Waals surface area contributed by atoms with Crippen molar-refractivity contribution < 1.29 is 4.79 Å². The number of nitrogens with one attached hydrogen (secondary N) is 1. The van der Waals surface area contributed by atoms with Crippen LogP contribution in [-0.4, -0.2) is 6.41 Å². The molecule has 0 atom stereocenters. The van der Waals surface area contributed by atoms with Crippen LogP contribution in [0.15, 0.2) is 6.07 Å². The van der Waals surface area contributed by atoms with Crippen LogP contribution in [0.25, 0.3) is 0 Å². The predicted octanol–water partition coefficient (Wildman–Crippen LogP) is 2.20. The molecule has 4 heteroatoms. The predicted molar refractivity (Wildman–Crippen MR) is 57.1 cm³/mol. The largest absolute Gasteiger partial charge is 0.396 e. The van der Waals surface area contributed by atoms with Crippen molar-refractivity contribution in [2.24, 2.45) is 0 Å². The number of thiophene rings is 1. The van der Waals surface area contributed by atoms with E-state index in [0.717, 1.165) is 5.00 Å². The lowest BCUT2D eigenvalue weighted by Crippen LogP contribution is -2.07. The highest BCUT2D eigenvalue weighted by atomic mass is 32.1. The molecule has 0 aliphatic carbocycles. The van der Waals surface area contributed by atoms with Gasteiger partial charge in [-0.2, -0.15) is 0 Å². The molecule has 0 bridgehead atoms. The summed E-state index contributed by atoms with van der Waals surface area (Å²) in [6.07, 6.45) is 0.647. The highest BCUT2D eigenvalue weighted by molar-refractivity contribution is 7.17. The molecule has 3 nitrogen and oxygen atoms in total. The maximum Gasteiger partial charge on any atom is 0.212 e. The van der Waals surface area contributed by atoms with Crippen molar-refractivity contribution in [3.8, 4) is 0 Å². The van der Waals surface area contributed by atoms with Crippen molar-refractivity contribution in [1.82, 2.24) is 0 Å². The van der Waals surface area contributed by atoms with Crippen LogP contribution in [0.4, 0.5) is 10.7 Å². The van der Waals surface area contributed by atoms with E-state index in [4.69, 9.17) is 5.73 Å². The van der Waals surface area contributed by atoms with Crippen LogP contribution < -0.4 is 11.1 Å². The van der Waals surface area contributed by atoms with Crippen molar-refractivity contribution in [2.75, 3.05) is 11.1 Å². The van der Waals surface area contributed by atoms with Crippen LogP contribution in [0, 0.1) is 0 Å². The van der Waals surface area contributed by atoms with Crippen LogP contribution in [-0.2, 0) is 10.2 Å². The van der Waals surface area contributed by atoms with Gasteiger partial charge < -0.3 is 11.1 Å². The van der Waals surface area contributed by atoms with Gasteiger partial charge in [-0.05, 0) is 11.5 Å². The van der Waals surface area contributed by atoms with Gasteiger partial charge in [-0.25, -0.2) is 0 Å². The third-order valence-electron chi connectivity index (χ3n) is 1.69. The summed E-state index contributed by atoms with van der Waals surface area (Å²) >= 11 is 1.52. The zero-order valence-electron chi connectivity index (χ0n) is 8.05. The zero-order valence-corrected chi connectivity index (χ0v) is 8.87. The molecule has 0 aliphatic heterocycles. The fourth-order valence-electron chi connectivity index (χ4n) is 0.941. The van der Waals surface area contributed by atoms with Crippen molar-refractivity contribution >= 4 is 28.4 Å². The van der Waals surface area contributed by atoms with Gasteiger partial charge in [0.1, 0.15) is 5.00 Å². The van der Waals surface area contributed by atoms with Crippen molar-refractivity contribution in [2.45, 2.75) is 26.2 Å². The van der Waals surface area contributed by atoms with Gasteiger partial charge in [0.25, 0.3) is 0 Å². The number of hydrogen-bond acceptors (Lipinski definition) is 3. The summed E-state index contributed by atoms with van der Waals surface area (Å²) in [5.74, 6) is 0. The number of nitrogen functional groups attached to an aromatic ring is 1. The number of amides is 1. The Bertz CT molecular complexity index is 312. The summed E-state index contributed by atoms with van der Waals surface area (Å²) in [7, 11) is 0. The molecular weight excluding hydrogens is 184 g/mol. The third-order valence-corrected chi connectivity index (χ3v) is 3.20. The quantitative estimate of drug-likeness (QED) is 0.716. The Labute approximate surface area is 81.9 Å². The first-order valence-corrected chi connectivity index (χ1v) is 4.87. The molecule has 1 rings (SSSR count). The molecule has 0 aliphatic rings.